The van der Waals surface area contributed by atoms with Gasteiger partial charge in [0.2, 0.25) is 0 Å². The summed E-state index contributed by atoms with van der Waals surface area (Å²) < 4.78 is 4.54. The third-order valence-electron chi connectivity index (χ3n) is 1.56. The van der Waals surface area contributed by atoms with Crippen molar-refractivity contribution in [3.8, 4) is 0 Å². The number of carbonyl (C=O) groups excluding carboxylic acids is 2. The lowest BCUT2D eigenvalue weighted by Gasteiger charge is -1.90. The summed E-state index contributed by atoms with van der Waals surface area (Å²) in [6.45, 7) is 1.53. The number of thioether (sulfide) groups is 1. The summed E-state index contributed by atoms with van der Waals surface area (Å²) in [6.07, 6.45) is 3.62. The van der Waals surface area contributed by atoms with Crippen LogP contribution in [0.2, 0.25) is 0 Å². The van der Waals surface area contributed by atoms with Crippen molar-refractivity contribution >= 4 is 40.3 Å². The van der Waals surface area contributed by atoms with E-state index in [-0.39, 0.29) is 5.12 Å². The van der Waals surface area contributed by atoms with Crippen LogP contribution in [0.1, 0.15) is 22.4 Å². The van der Waals surface area contributed by atoms with Gasteiger partial charge in [-0.1, -0.05) is 17.8 Å². The van der Waals surface area contributed by atoms with Crippen LogP contribution >= 0.6 is 23.1 Å². The number of nitrogens with zero attached hydrogens (tertiary/aromatic N) is 1. The minimum atomic E-state index is -0.436. The number of hydrogen-bond donors (Lipinski definition) is 0. The Morgan fingerprint density at radius 1 is 1.62 bits per heavy atom. The second kappa shape index (κ2) is 6.44. The van der Waals surface area contributed by atoms with E-state index < -0.39 is 5.97 Å². The van der Waals surface area contributed by atoms with Crippen LogP contribution in [0, 0.1) is 0 Å². The lowest BCUT2D eigenvalue weighted by Crippen LogP contribution is -2.00. The first kappa shape index (κ1) is 12.9. The highest BCUT2D eigenvalue weighted by Crippen LogP contribution is 2.13. The van der Waals surface area contributed by atoms with Gasteiger partial charge in [0, 0.05) is 18.1 Å². The van der Waals surface area contributed by atoms with Gasteiger partial charge < -0.3 is 4.74 Å². The Morgan fingerprint density at radius 3 is 3.00 bits per heavy atom. The topological polar surface area (TPSA) is 56.3 Å². The first-order valence-corrected chi connectivity index (χ1v) is 6.33. The van der Waals surface area contributed by atoms with E-state index in [2.05, 4.69) is 9.72 Å². The Morgan fingerprint density at radius 2 is 2.38 bits per heavy atom. The fourth-order valence-electron chi connectivity index (χ4n) is 0.877. The highest BCUT2D eigenvalue weighted by atomic mass is 32.2. The molecule has 0 amide bonds. The fraction of sp³-hybridized carbons (Fsp3) is 0.300. The number of rotatable bonds is 4. The van der Waals surface area contributed by atoms with Gasteiger partial charge >= 0.3 is 5.97 Å². The molecule has 1 aromatic heterocycles. The Hall–Kier alpha value is -1.14. The number of esters is 1. The molecule has 4 nitrogen and oxygen atoms in total. The van der Waals surface area contributed by atoms with E-state index in [1.165, 1.54) is 37.1 Å². The van der Waals surface area contributed by atoms with E-state index in [9.17, 15) is 9.59 Å². The molecule has 0 aliphatic heterocycles. The van der Waals surface area contributed by atoms with E-state index in [1.54, 1.807) is 11.5 Å². The van der Waals surface area contributed by atoms with Gasteiger partial charge in [-0.3, -0.25) is 4.79 Å². The number of hydrogen-bond acceptors (Lipinski definition) is 6. The third kappa shape index (κ3) is 4.16. The highest BCUT2D eigenvalue weighted by molar-refractivity contribution is 8.13. The summed E-state index contributed by atoms with van der Waals surface area (Å²) in [7, 11) is 1.32. The molecule has 0 aliphatic carbocycles. The second-order valence-electron chi connectivity index (χ2n) is 2.77. The quantitative estimate of drug-likeness (QED) is 0.774. The first-order chi connectivity index (χ1) is 7.63. The SMILES string of the molecule is COC(=O)c1csc(C=CCSC(C)=O)n1. The van der Waals surface area contributed by atoms with Gasteiger partial charge in [-0.15, -0.1) is 11.3 Å². The van der Waals surface area contributed by atoms with Crippen LogP contribution < -0.4 is 0 Å². The third-order valence-corrected chi connectivity index (χ3v) is 3.14. The molecule has 0 saturated heterocycles. The maximum Gasteiger partial charge on any atom is 0.357 e. The van der Waals surface area contributed by atoms with E-state index in [1.807, 2.05) is 6.08 Å². The lowest BCUT2D eigenvalue weighted by atomic mass is 10.5. The smallest absolute Gasteiger partial charge is 0.357 e. The highest BCUT2D eigenvalue weighted by Gasteiger charge is 2.08. The van der Waals surface area contributed by atoms with Crippen molar-refractivity contribution in [2.24, 2.45) is 0 Å². The van der Waals surface area contributed by atoms with Gasteiger partial charge in [0.05, 0.1) is 7.11 Å². The molecular formula is C10H11NO3S2. The molecule has 1 rings (SSSR count). The van der Waals surface area contributed by atoms with Crippen LogP contribution in [0.5, 0.6) is 0 Å². The summed E-state index contributed by atoms with van der Waals surface area (Å²) in [5.74, 6) is 0.177. The molecule has 86 valence electrons. The van der Waals surface area contributed by atoms with Crippen LogP contribution in [0.15, 0.2) is 11.5 Å². The van der Waals surface area contributed by atoms with Gasteiger partial charge in [-0.05, 0) is 6.08 Å². The largest absolute Gasteiger partial charge is 0.464 e. The molecule has 0 saturated carbocycles. The lowest BCUT2D eigenvalue weighted by molar-refractivity contribution is -0.109. The first-order valence-electron chi connectivity index (χ1n) is 4.47. The monoisotopic (exact) mass is 257 g/mol. The van der Waals surface area contributed by atoms with Crippen molar-refractivity contribution in [2.45, 2.75) is 6.92 Å². The molecule has 0 aliphatic rings. The van der Waals surface area contributed by atoms with Crippen LogP contribution in [0.25, 0.3) is 6.08 Å². The average Bonchev–Trinajstić information content (AvgIpc) is 2.71. The molecule has 0 aromatic carbocycles. The summed E-state index contributed by atoms with van der Waals surface area (Å²) >= 11 is 2.59. The molecule has 6 heteroatoms. The van der Waals surface area contributed by atoms with Crippen molar-refractivity contribution < 1.29 is 14.3 Å². The zero-order chi connectivity index (χ0) is 12.0. The minimum absolute atomic E-state index is 0.0824. The summed E-state index contributed by atoms with van der Waals surface area (Å²) in [5.41, 5.74) is 0.311. The Labute approximate surface area is 102 Å². The van der Waals surface area contributed by atoms with Crippen LogP contribution in [-0.4, -0.2) is 28.9 Å². The van der Waals surface area contributed by atoms with E-state index in [0.29, 0.717) is 11.4 Å². The number of ether oxygens (including phenoxy) is 1. The number of aromatic nitrogens is 1. The summed E-state index contributed by atoms with van der Waals surface area (Å²) in [4.78, 5) is 25.8. The van der Waals surface area contributed by atoms with Crippen LogP contribution in [0.4, 0.5) is 0 Å². The van der Waals surface area contributed by atoms with Gasteiger partial charge in [-0.2, -0.15) is 0 Å². The summed E-state index contributed by atoms with van der Waals surface area (Å²) in [6, 6.07) is 0. The van der Waals surface area contributed by atoms with Crippen LogP contribution in [-0.2, 0) is 9.53 Å². The molecule has 0 unspecified atom stereocenters. The van der Waals surface area contributed by atoms with Crippen molar-refractivity contribution in [3.63, 3.8) is 0 Å². The van der Waals surface area contributed by atoms with Gasteiger partial charge in [0.1, 0.15) is 5.01 Å². The Kier molecular flexibility index (Phi) is 5.21. The average molecular weight is 257 g/mol. The number of carbonyl (C=O) groups is 2. The summed E-state index contributed by atoms with van der Waals surface area (Å²) in [5, 5.41) is 2.45. The minimum Gasteiger partial charge on any atom is -0.464 e. The number of thiazole rings is 1. The zero-order valence-electron chi connectivity index (χ0n) is 8.93. The maximum absolute atomic E-state index is 11.1. The molecule has 0 fully saturated rings. The van der Waals surface area contributed by atoms with Crippen LogP contribution in [0.3, 0.4) is 0 Å². The molecule has 0 spiro atoms. The van der Waals surface area contributed by atoms with E-state index >= 15 is 0 Å². The normalized spacial score (nSPS) is 10.6. The van der Waals surface area contributed by atoms with Crippen molar-refractivity contribution in [1.29, 1.82) is 0 Å². The molecule has 0 N–H and O–H groups in total. The van der Waals surface area contributed by atoms with Crippen molar-refractivity contribution in [2.75, 3.05) is 12.9 Å². The molecule has 16 heavy (non-hydrogen) atoms. The predicted octanol–water partition coefficient (Wildman–Crippen LogP) is 2.22. The second-order valence-corrected chi connectivity index (χ2v) is 4.85. The van der Waals surface area contributed by atoms with Gasteiger partial charge in [0.25, 0.3) is 0 Å². The molecule has 0 atom stereocenters. The predicted molar refractivity (Wildman–Crippen MR) is 65.6 cm³/mol. The molecule has 0 bridgehead atoms. The van der Waals surface area contributed by atoms with Crippen molar-refractivity contribution in [1.82, 2.24) is 4.98 Å². The standard InChI is InChI=1S/C10H11NO3S2/c1-7(12)15-5-3-4-9-11-8(6-16-9)10(13)14-2/h3-4,6H,5H2,1-2H3. The van der Waals surface area contributed by atoms with Gasteiger partial charge in [0.15, 0.2) is 10.8 Å². The van der Waals surface area contributed by atoms with Gasteiger partial charge in [-0.25, -0.2) is 9.78 Å². The molecular weight excluding hydrogens is 246 g/mol. The van der Waals surface area contributed by atoms with E-state index in [4.69, 9.17) is 0 Å². The number of methoxy groups -OCH3 is 1. The van der Waals surface area contributed by atoms with E-state index in [0.717, 1.165) is 5.01 Å². The molecule has 1 aromatic rings. The Bertz CT molecular complexity index is 412. The molecule has 0 radical (unpaired) electrons. The zero-order valence-corrected chi connectivity index (χ0v) is 10.6. The van der Waals surface area contributed by atoms with Crippen molar-refractivity contribution in [3.05, 3.63) is 22.2 Å². The fourth-order valence-corrected chi connectivity index (χ4v) is 2.01. The maximum atomic E-state index is 11.1. The molecule has 1 heterocycles. The Balaban J connectivity index is 2.52.